The Bertz CT molecular complexity index is 1700. The Hall–Kier alpha value is -4.14. The van der Waals surface area contributed by atoms with Crippen LogP contribution in [0.25, 0.3) is 0 Å². The van der Waals surface area contributed by atoms with E-state index in [2.05, 4.69) is 10.1 Å². The van der Waals surface area contributed by atoms with Gasteiger partial charge in [-0.15, -0.1) is 0 Å². The Labute approximate surface area is 266 Å². The SMILES string of the molecule is Cc1cc(C2=NOC(c3cc(C(F)(F)F)cc(C(F)(F)F)c3)(C(F)(F)F)C2)ccc1C(=O)N(Cc1ccc(Cl)nc1)C(=O)CC1CC1. The maximum absolute atomic E-state index is 14.5. The van der Waals surface area contributed by atoms with Gasteiger partial charge in [0.25, 0.3) is 11.5 Å². The molecule has 6 nitrogen and oxygen atoms in total. The first-order chi connectivity index (χ1) is 21.8. The summed E-state index contributed by atoms with van der Waals surface area (Å²) >= 11 is 5.83. The molecule has 1 aliphatic carbocycles. The summed E-state index contributed by atoms with van der Waals surface area (Å²) in [5.41, 5.74) is -8.75. The summed E-state index contributed by atoms with van der Waals surface area (Å²) in [4.78, 5) is 36.4. The van der Waals surface area contributed by atoms with E-state index >= 15 is 0 Å². The van der Waals surface area contributed by atoms with E-state index in [9.17, 15) is 49.1 Å². The van der Waals surface area contributed by atoms with Crippen molar-refractivity contribution >= 4 is 29.1 Å². The number of alkyl halides is 9. The van der Waals surface area contributed by atoms with Gasteiger partial charge in [0.1, 0.15) is 5.15 Å². The van der Waals surface area contributed by atoms with Crippen LogP contribution in [0.3, 0.4) is 0 Å². The van der Waals surface area contributed by atoms with Gasteiger partial charge in [-0.1, -0.05) is 28.9 Å². The molecule has 1 aliphatic heterocycles. The van der Waals surface area contributed by atoms with Gasteiger partial charge in [-0.05, 0) is 78.8 Å². The molecule has 0 bridgehead atoms. The number of hydrogen-bond acceptors (Lipinski definition) is 5. The van der Waals surface area contributed by atoms with Crippen molar-refractivity contribution in [3.63, 3.8) is 0 Å². The molecule has 3 aromatic rings. The van der Waals surface area contributed by atoms with Crippen molar-refractivity contribution in [3.8, 4) is 0 Å². The van der Waals surface area contributed by atoms with Crippen LogP contribution in [-0.2, 0) is 34.1 Å². The number of aromatic nitrogens is 1. The third-order valence-corrected chi connectivity index (χ3v) is 8.09. The molecule has 0 radical (unpaired) electrons. The predicted molar refractivity (Wildman–Crippen MR) is 149 cm³/mol. The molecular weight excluding hydrogens is 669 g/mol. The fraction of sp³-hybridized carbons (Fsp3) is 0.355. The smallest absolute Gasteiger partial charge is 0.374 e. The number of carbonyl (C=O) groups is 2. The van der Waals surface area contributed by atoms with E-state index in [1.165, 1.54) is 37.4 Å². The number of oxime groups is 1. The molecule has 16 heteroatoms. The first-order valence-electron chi connectivity index (χ1n) is 14.0. The van der Waals surface area contributed by atoms with Gasteiger partial charge in [-0.25, -0.2) is 4.98 Å². The number of nitrogens with zero attached hydrogens (tertiary/aromatic N) is 3. The van der Waals surface area contributed by atoms with Gasteiger partial charge in [0.2, 0.25) is 5.91 Å². The lowest BCUT2D eigenvalue weighted by atomic mass is 9.84. The highest BCUT2D eigenvalue weighted by Crippen LogP contribution is 2.51. The minimum Gasteiger partial charge on any atom is -0.374 e. The second-order valence-electron chi connectivity index (χ2n) is 11.4. The number of carbonyl (C=O) groups excluding carboxylic acids is 2. The third kappa shape index (κ3) is 7.24. The van der Waals surface area contributed by atoms with Crippen molar-refractivity contribution in [2.24, 2.45) is 11.1 Å². The average Bonchev–Trinajstić information content (AvgIpc) is 3.66. The van der Waals surface area contributed by atoms with Gasteiger partial charge >= 0.3 is 18.5 Å². The van der Waals surface area contributed by atoms with E-state index in [1.807, 2.05) is 0 Å². The Morgan fingerprint density at radius 1 is 0.936 bits per heavy atom. The van der Waals surface area contributed by atoms with Gasteiger partial charge in [0.05, 0.1) is 23.4 Å². The van der Waals surface area contributed by atoms with Gasteiger partial charge in [-0.3, -0.25) is 14.5 Å². The summed E-state index contributed by atoms with van der Waals surface area (Å²) in [5.74, 6) is -1.01. The number of pyridine rings is 1. The third-order valence-electron chi connectivity index (χ3n) is 7.87. The fourth-order valence-corrected chi connectivity index (χ4v) is 5.22. The molecule has 2 amide bonds. The lowest BCUT2D eigenvalue weighted by molar-refractivity contribution is -0.276. The van der Waals surface area contributed by atoms with Gasteiger partial charge < -0.3 is 4.84 Å². The molecule has 1 atom stereocenters. The molecule has 0 spiro atoms. The van der Waals surface area contributed by atoms with E-state index in [-0.39, 0.29) is 58.9 Å². The van der Waals surface area contributed by atoms with Crippen LogP contribution in [0.4, 0.5) is 39.5 Å². The average molecular weight is 692 g/mol. The predicted octanol–water partition coefficient (Wildman–Crippen LogP) is 8.63. The van der Waals surface area contributed by atoms with E-state index in [0.29, 0.717) is 5.56 Å². The molecule has 250 valence electrons. The first-order valence-corrected chi connectivity index (χ1v) is 14.3. The zero-order valence-electron chi connectivity index (χ0n) is 24.2. The van der Waals surface area contributed by atoms with Crippen molar-refractivity contribution in [2.45, 2.75) is 63.3 Å². The highest BCUT2D eigenvalue weighted by Gasteiger charge is 2.63. The zero-order chi connectivity index (χ0) is 34.5. The number of aryl methyl sites for hydroxylation is 1. The molecular formula is C31H23ClF9N3O3. The highest BCUT2D eigenvalue weighted by atomic mass is 35.5. The minimum absolute atomic E-state index is 0.0223. The maximum atomic E-state index is 14.5. The van der Waals surface area contributed by atoms with E-state index in [4.69, 9.17) is 16.4 Å². The largest absolute Gasteiger partial charge is 0.435 e. The first kappa shape index (κ1) is 34.2. The summed E-state index contributed by atoms with van der Waals surface area (Å²) in [5, 5.41) is 3.63. The molecule has 5 rings (SSSR count). The molecule has 1 unspecified atom stereocenters. The maximum Gasteiger partial charge on any atom is 0.435 e. The summed E-state index contributed by atoms with van der Waals surface area (Å²) in [7, 11) is 0. The summed E-state index contributed by atoms with van der Waals surface area (Å²) in [6.07, 6.45) is -14.4. The summed E-state index contributed by atoms with van der Waals surface area (Å²) < 4.78 is 124. The van der Waals surface area contributed by atoms with Crippen LogP contribution in [0.5, 0.6) is 0 Å². The van der Waals surface area contributed by atoms with Crippen LogP contribution in [-0.4, -0.2) is 33.6 Å². The van der Waals surface area contributed by atoms with Crippen molar-refractivity contribution in [3.05, 3.63) is 98.8 Å². The van der Waals surface area contributed by atoms with Crippen LogP contribution >= 0.6 is 11.6 Å². The molecule has 1 saturated carbocycles. The van der Waals surface area contributed by atoms with E-state index in [0.717, 1.165) is 17.7 Å². The van der Waals surface area contributed by atoms with E-state index < -0.39 is 64.8 Å². The number of benzene rings is 2. The normalized spacial score (nSPS) is 18.5. The van der Waals surface area contributed by atoms with Crippen LogP contribution in [0.1, 0.15) is 69.4 Å². The number of halogens is 10. The Morgan fingerprint density at radius 2 is 1.57 bits per heavy atom. The molecule has 47 heavy (non-hydrogen) atoms. The number of rotatable bonds is 7. The monoisotopic (exact) mass is 691 g/mol. The lowest BCUT2D eigenvalue weighted by Gasteiger charge is -2.30. The van der Waals surface area contributed by atoms with Crippen molar-refractivity contribution in [1.29, 1.82) is 0 Å². The lowest BCUT2D eigenvalue weighted by Crippen LogP contribution is -2.43. The molecule has 1 fully saturated rings. The van der Waals surface area contributed by atoms with Crippen molar-refractivity contribution < 1.29 is 53.9 Å². The molecule has 0 N–H and O–H groups in total. The zero-order valence-corrected chi connectivity index (χ0v) is 24.9. The van der Waals surface area contributed by atoms with E-state index in [1.54, 1.807) is 6.07 Å². The molecule has 2 aliphatic rings. The van der Waals surface area contributed by atoms with Crippen LogP contribution < -0.4 is 0 Å². The molecule has 2 heterocycles. The second-order valence-corrected chi connectivity index (χ2v) is 11.8. The molecule has 2 aromatic carbocycles. The molecule has 0 saturated heterocycles. The topological polar surface area (TPSA) is 71.9 Å². The number of imide groups is 1. The van der Waals surface area contributed by atoms with Gasteiger partial charge in [0.15, 0.2) is 0 Å². The van der Waals surface area contributed by atoms with Gasteiger partial charge in [0, 0.05) is 30.2 Å². The Balaban J connectivity index is 1.46. The number of amides is 2. The summed E-state index contributed by atoms with van der Waals surface area (Å²) in [6, 6.07) is 6.41. The Kier molecular flexibility index (Phi) is 8.84. The second kappa shape index (κ2) is 12.1. The quantitative estimate of drug-likeness (QED) is 0.184. The van der Waals surface area contributed by atoms with Crippen LogP contribution in [0.2, 0.25) is 5.15 Å². The van der Waals surface area contributed by atoms with Crippen molar-refractivity contribution in [2.75, 3.05) is 0 Å². The highest BCUT2D eigenvalue weighted by molar-refractivity contribution is 6.29. The molecule has 1 aromatic heterocycles. The Morgan fingerprint density at radius 3 is 2.09 bits per heavy atom. The standard InChI is InChI=1S/C31H23ClF9N3O3/c1-16-8-19(5-6-23(16)27(46)44(26(45)9-17-2-3-17)15-18-4-7-25(32)42-14-18)24-13-28(47-43-24,31(39,40)41)20-10-21(29(33,34)35)12-22(11-20)30(36,37)38/h4-8,10-12,14,17H,2-3,9,13,15H2,1H3. The van der Waals surface area contributed by atoms with Crippen LogP contribution in [0.15, 0.2) is 59.9 Å². The fourth-order valence-electron chi connectivity index (χ4n) is 5.11. The van der Waals surface area contributed by atoms with Crippen LogP contribution in [0, 0.1) is 12.8 Å². The van der Waals surface area contributed by atoms with Crippen molar-refractivity contribution in [1.82, 2.24) is 9.88 Å². The minimum atomic E-state index is -5.50. The number of hydrogen-bond donors (Lipinski definition) is 0. The summed E-state index contributed by atoms with van der Waals surface area (Å²) in [6.45, 7) is 1.31. The van der Waals surface area contributed by atoms with Gasteiger partial charge in [-0.2, -0.15) is 39.5 Å².